The molecule has 0 N–H and O–H groups in total. The van der Waals surface area contributed by atoms with E-state index in [1.54, 1.807) is 0 Å². The van der Waals surface area contributed by atoms with Crippen LogP contribution >= 0.6 is 0 Å². The van der Waals surface area contributed by atoms with Gasteiger partial charge in [0.25, 0.3) is 0 Å². The van der Waals surface area contributed by atoms with Crippen molar-refractivity contribution in [1.29, 1.82) is 5.26 Å². The summed E-state index contributed by atoms with van der Waals surface area (Å²) in [6.07, 6.45) is 11.1. The fourth-order valence-corrected chi connectivity index (χ4v) is 3.93. The summed E-state index contributed by atoms with van der Waals surface area (Å²) in [5, 5.41) is 9.66. The Morgan fingerprint density at radius 2 is 1.81 bits per heavy atom. The predicted octanol–water partition coefficient (Wildman–Crippen LogP) is 6.22. The highest BCUT2D eigenvalue weighted by Crippen LogP contribution is 2.42. The van der Waals surface area contributed by atoms with E-state index in [9.17, 15) is 10.1 Å². The average molecular weight is 356 g/mol. The van der Waals surface area contributed by atoms with Crippen molar-refractivity contribution in [2.24, 2.45) is 11.3 Å². The topological polar surface area (TPSA) is 50.1 Å². The van der Waals surface area contributed by atoms with Crippen LogP contribution in [0.3, 0.4) is 0 Å². The van der Waals surface area contributed by atoms with Gasteiger partial charge in [-0.1, -0.05) is 58.1 Å². The lowest BCUT2D eigenvalue weighted by Crippen LogP contribution is -2.31. The number of nitrogens with zero attached hydrogens (tertiary/aromatic N) is 1. The summed E-state index contributed by atoms with van der Waals surface area (Å²) >= 11 is 0. The van der Waals surface area contributed by atoms with Gasteiger partial charge in [-0.05, 0) is 56.2 Å². The number of benzene rings is 1. The Balaban J connectivity index is 1.82. The van der Waals surface area contributed by atoms with Gasteiger partial charge in [0, 0.05) is 0 Å². The molecule has 0 aliphatic heterocycles. The van der Waals surface area contributed by atoms with Gasteiger partial charge >= 0.3 is 5.97 Å². The van der Waals surface area contributed by atoms with Crippen molar-refractivity contribution in [3.8, 4) is 11.8 Å². The van der Waals surface area contributed by atoms with Crippen LogP contribution in [0.4, 0.5) is 0 Å². The lowest BCUT2D eigenvalue weighted by atomic mass is 9.69. The molecule has 1 aromatic carbocycles. The number of rotatable bonds is 9. The lowest BCUT2D eigenvalue weighted by Gasteiger charge is -2.34. The van der Waals surface area contributed by atoms with E-state index in [2.05, 4.69) is 19.9 Å². The van der Waals surface area contributed by atoms with Crippen LogP contribution < -0.4 is 4.74 Å². The van der Waals surface area contributed by atoms with Crippen LogP contribution in [0.25, 0.3) is 0 Å². The Morgan fingerprint density at radius 3 is 2.38 bits per heavy atom. The quantitative estimate of drug-likeness (QED) is 0.300. The minimum Gasteiger partial charge on any atom is -0.426 e. The summed E-state index contributed by atoms with van der Waals surface area (Å²) in [7, 11) is 0. The zero-order valence-electron chi connectivity index (χ0n) is 16.4. The average Bonchev–Trinajstić information content (AvgIpc) is 2.67. The molecule has 26 heavy (non-hydrogen) atoms. The van der Waals surface area contributed by atoms with Crippen molar-refractivity contribution in [3.63, 3.8) is 0 Å². The minimum atomic E-state index is -0.216. The van der Waals surface area contributed by atoms with Gasteiger partial charge in [0.2, 0.25) is 0 Å². The van der Waals surface area contributed by atoms with Crippen LogP contribution in [0.2, 0.25) is 0 Å². The maximum absolute atomic E-state index is 12.5. The third-order valence-corrected chi connectivity index (χ3v) is 5.70. The maximum atomic E-state index is 12.5. The van der Waals surface area contributed by atoms with Gasteiger partial charge in [-0.25, -0.2) is 0 Å². The normalized spacial score (nSPS) is 22.6. The van der Waals surface area contributed by atoms with Crippen LogP contribution in [0.5, 0.6) is 5.75 Å². The van der Waals surface area contributed by atoms with E-state index < -0.39 is 0 Å². The number of ether oxygens (including phenoxy) is 1. The molecule has 0 saturated heterocycles. The number of unbranched alkanes of at least 4 members (excludes halogenated alkanes) is 3. The molecular formula is C23H33NO2. The van der Waals surface area contributed by atoms with Gasteiger partial charge in [-0.3, -0.25) is 4.79 Å². The summed E-state index contributed by atoms with van der Waals surface area (Å²) in [5.74, 6) is 0.430. The molecule has 1 aromatic rings. The third-order valence-electron chi connectivity index (χ3n) is 5.70. The smallest absolute Gasteiger partial charge is 0.314 e. The molecule has 0 unspecified atom stereocenters. The van der Waals surface area contributed by atoms with Crippen molar-refractivity contribution >= 4 is 5.97 Å². The summed E-state index contributed by atoms with van der Waals surface area (Å²) in [5.41, 5.74) is 1.05. The van der Waals surface area contributed by atoms with Crippen molar-refractivity contribution in [1.82, 2.24) is 0 Å². The fraction of sp³-hybridized carbons (Fsp3) is 0.652. The van der Waals surface area contributed by atoms with Crippen LogP contribution in [0, 0.1) is 22.7 Å². The second-order valence-corrected chi connectivity index (χ2v) is 7.79. The standard InChI is InChI=1S/C23H33NO2/c1-3-5-6-7-15-23(18-24)16-13-20(14-17-23)22(25)26-21-11-9-19(8-4-2)10-12-21/h9-12,20H,3-8,13-17H2,1-2H3/t20-,23+. The molecule has 0 aromatic heterocycles. The van der Waals surface area contributed by atoms with Crippen LogP contribution in [0.1, 0.15) is 83.6 Å². The number of esters is 1. The Morgan fingerprint density at radius 1 is 1.12 bits per heavy atom. The molecule has 0 bridgehead atoms. The summed E-state index contributed by atoms with van der Waals surface area (Å²) in [6.45, 7) is 4.36. The Hall–Kier alpha value is -1.82. The SMILES string of the molecule is CCCCCC[C@]1(C#N)CC[C@@H](C(=O)Oc2ccc(CCC)cc2)CC1. The lowest BCUT2D eigenvalue weighted by molar-refractivity contribution is -0.140. The predicted molar refractivity (Wildman–Crippen MR) is 105 cm³/mol. The molecule has 1 fully saturated rings. The fourth-order valence-electron chi connectivity index (χ4n) is 3.93. The molecular weight excluding hydrogens is 322 g/mol. The van der Waals surface area contributed by atoms with Gasteiger partial charge < -0.3 is 4.74 Å². The second-order valence-electron chi connectivity index (χ2n) is 7.79. The van der Waals surface area contributed by atoms with E-state index in [0.717, 1.165) is 51.4 Å². The molecule has 0 radical (unpaired) electrons. The highest BCUT2D eigenvalue weighted by molar-refractivity contribution is 5.75. The Kier molecular flexibility index (Phi) is 8.16. The van der Waals surface area contributed by atoms with Crippen molar-refractivity contribution in [2.45, 2.75) is 84.5 Å². The molecule has 0 atom stereocenters. The third kappa shape index (κ3) is 5.87. The Bertz CT molecular complexity index is 592. The number of nitriles is 1. The van der Waals surface area contributed by atoms with Crippen molar-refractivity contribution < 1.29 is 9.53 Å². The molecule has 142 valence electrons. The van der Waals surface area contributed by atoms with Crippen LogP contribution in [0.15, 0.2) is 24.3 Å². The van der Waals surface area contributed by atoms with Gasteiger partial charge in [0.05, 0.1) is 17.4 Å². The van der Waals surface area contributed by atoms with E-state index in [1.165, 1.54) is 24.8 Å². The van der Waals surface area contributed by atoms with E-state index in [-0.39, 0.29) is 17.3 Å². The molecule has 1 aliphatic rings. The van der Waals surface area contributed by atoms with E-state index >= 15 is 0 Å². The number of aryl methyl sites for hydroxylation is 1. The van der Waals surface area contributed by atoms with Gasteiger partial charge in [0.15, 0.2) is 0 Å². The molecule has 3 nitrogen and oxygen atoms in total. The molecule has 0 spiro atoms. The first-order valence-electron chi connectivity index (χ1n) is 10.3. The summed E-state index contributed by atoms with van der Waals surface area (Å²) in [4.78, 5) is 12.5. The molecule has 1 saturated carbocycles. The molecule has 2 rings (SSSR count). The first-order valence-corrected chi connectivity index (χ1v) is 10.3. The monoisotopic (exact) mass is 355 g/mol. The minimum absolute atomic E-state index is 0.0672. The summed E-state index contributed by atoms with van der Waals surface area (Å²) < 4.78 is 5.58. The summed E-state index contributed by atoms with van der Waals surface area (Å²) in [6, 6.07) is 10.4. The first kappa shape index (κ1) is 20.5. The molecule has 3 heteroatoms. The zero-order valence-corrected chi connectivity index (χ0v) is 16.4. The highest BCUT2D eigenvalue weighted by atomic mass is 16.5. The first-order chi connectivity index (χ1) is 12.6. The zero-order chi connectivity index (χ0) is 18.8. The molecule has 1 aliphatic carbocycles. The molecule has 0 heterocycles. The number of carbonyl (C=O) groups excluding carboxylic acids is 1. The van der Waals surface area contributed by atoms with Crippen molar-refractivity contribution in [2.75, 3.05) is 0 Å². The van der Waals surface area contributed by atoms with Gasteiger partial charge in [-0.15, -0.1) is 0 Å². The van der Waals surface area contributed by atoms with Crippen molar-refractivity contribution in [3.05, 3.63) is 29.8 Å². The highest BCUT2D eigenvalue weighted by Gasteiger charge is 2.37. The van der Waals surface area contributed by atoms with Gasteiger partial charge in [0.1, 0.15) is 5.75 Å². The maximum Gasteiger partial charge on any atom is 0.314 e. The Labute approximate surface area is 158 Å². The van der Waals surface area contributed by atoms with Gasteiger partial charge in [-0.2, -0.15) is 5.26 Å². The van der Waals surface area contributed by atoms with E-state index in [4.69, 9.17) is 4.74 Å². The van der Waals surface area contributed by atoms with E-state index in [1.807, 2.05) is 24.3 Å². The second kappa shape index (κ2) is 10.4. The number of hydrogen-bond donors (Lipinski definition) is 0. The van der Waals surface area contributed by atoms with Crippen LogP contribution in [-0.2, 0) is 11.2 Å². The molecule has 0 amide bonds. The van der Waals surface area contributed by atoms with Crippen LogP contribution in [-0.4, -0.2) is 5.97 Å². The number of carbonyl (C=O) groups is 1. The largest absolute Gasteiger partial charge is 0.426 e. The van der Waals surface area contributed by atoms with E-state index in [0.29, 0.717) is 5.75 Å². The number of hydrogen-bond acceptors (Lipinski definition) is 3.